The van der Waals surface area contributed by atoms with Crippen LogP contribution in [0.3, 0.4) is 0 Å². The molecule has 1 aliphatic heterocycles. The number of hydrogen-bond acceptors (Lipinski definition) is 7. The molecule has 0 radical (unpaired) electrons. The fourth-order valence-electron chi connectivity index (χ4n) is 4.93. The average Bonchev–Trinajstić information content (AvgIpc) is 3.38. The molecule has 1 saturated heterocycles. The van der Waals surface area contributed by atoms with Crippen molar-refractivity contribution in [2.24, 2.45) is 0 Å². The third kappa shape index (κ3) is 5.14. The second-order valence-electron chi connectivity index (χ2n) is 9.56. The van der Waals surface area contributed by atoms with E-state index in [-0.39, 0.29) is 5.91 Å². The molecule has 2 aromatic carbocycles. The van der Waals surface area contributed by atoms with Gasteiger partial charge in [-0.1, -0.05) is 24.8 Å². The minimum Gasteiger partial charge on any atom is -0.370 e. The van der Waals surface area contributed by atoms with Crippen molar-refractivity contribution in [3.8, 4) is 5.82 Å². The van der Waals surface area contributed by atoms with Gasteiger partial charge in [-0.2, -0.15) is 4.98 Å². The van der Waals surface area contributed by atoms with Crippen LogP contribution in [-0.4, -0.2) is 64.9 Å². The topological polar surface area (TPSA) is 95.4 Å². The Hall–Kier alpha value is -4.50. The highest BCUT2D eigenvalue weighted by molar-refractivity contribution is 6.03. The minimum absolute atomic E-state index is 0.322. The van der Waals surface area contributed by atoms with E-state index in [0.717, 1.165) is 48.8 Å². The van der Waals surface area contributed by atoms with Gasteiger partial charge in [-0.15, -0.1) is 0 Å². The van der Waals surface area contributed by atoms with Crippen molar-refractivity contribution in [1.29, 1.82) is 0 Å². The summed E-state index contributed by atoms with van der Waals surface area (Å²) in [5.74, 6) is 0.706. The zero-order valence-corrected chi connectivity index (χ0v) is 21.6. The van der Waals surface area contributed by atoms with E-state index in [1.807, 2.05) is 53.2 Å². The standard InChI is InChI=1S/C29H31N7O2/c1-4-28(38)31-24-18-23(21(19-37)17-26(24)35-14-11-22(12-15-35)34(2)3)32-29-30-13-9-27(33-29)36-16-10-20-7-5-6-8-25(20)36/h4-10,13,16-19,22H,1,11-12,14-15H2,2-3H3,(H,31,38)(H,30,32,33). The summed E-state index contributed by atoms with van der Waals surface area (Å²) in [6, 6.07) is 16.0. The monoisotopic (exact) mass is 509 g/mol. The maximum absolute atomic E-state index is 12.3. The maximum Gasteiger partial charge on any atom is 0.247 e. The summed E-state index contributed by atoms with van der Waals surface area (Å²) in [7, 11) is 4.19. The molecule has 9 nitrogen and oxygen atoms in total. The Bertz CT molecular complexity index is 1490. The molecule has 5 rings (SSSR count). The van der Waals surface area contributed by atoms with Crippen molar-refractivity contribution in [2.45, 2.75) is 18.9 Å². The lowest BCUT2D eigenvalue weighted by Gasteiger charge is -2.37. The predicted octanol–water partition coefficient (Wildman–Crippen LogP) is 4.63. The van der Waals surface area contributed by atoms with Crippen LogP contribution in [-0.2, 0) is 4.79 Å². The zero-order valence-electron chi connectivity index (χ0n) is 21.6. The molecule has 0 bridgehead atoms. The molecule has 1 amide bonds. The minimum atomic E-state index is -0.322. The van der Waals surface area contributed by atoms with Gasteiger partial charge in [0.15, 0.2) is 6.29 Å². The molecule has 2 N–H and O–H groups in total. The normalized spacial score (nSPS) is 14.0. The van der Waals surface area contributed by atoms with Gasteiger partial charge >= 0.3 is 0 Å². The summed E-state index contributed by atoms with van der Waals surface area (Å²) >= 11 is 0. The van der Waals surface area contributed by atoms with Gasteiger partial charge in [0, 0.05) is 37.1 Å². The number of hydrogen-bond donors (Lipinski definition) is 2. The third-order valence-corrected chi connectivity index (χ3v) is 7.01. The fourth-order valence-corrected chi connectivity index (χ4v) is 4.93. The lowest BCUT2D eigenvalue weighted by atomic mass is 10.0. The number of aldehydes is 1. The van der Waals surface area contributed by atoms with Gasteiger partial charge in [0.25, 0.3) is 0 Å². The van der Waals surface area contributed by atoms with Crippen LogP contribution in [0.5, 0.6) is 0 Å². The zero-order chi connectivity index (χ0) is 26.6. The Morgan fingerprint density at radius 1 is 1.11 bits per heavy atom. The van der Waals surface area contributed by atoms with Crippen LogP contribution in [0.25, 0.3) is 16.7 Å². The molecule has 194 valence electrons. The number of carbonyl (C=O) groups is 2. The Labute approximate surface area is 221 Å². The number of carbonyl (C=O) groups excluding carboxylic acids is 2. The number of nitrogens with zero attached hydrogens (tertiary/aromatic N) is 5. The Morgan fingerprint density at radius 3 is 2.63 bits per heavy atom. The Morgan fingerprint density at radius 2 is 1.89 bits per heavy atom. The number of rotatable bonds is 8. The van der Waals surface area contributed by atoms with Crippen LogP contribution in [0.4, 0.5) is 23.0 Å². The number of aromatic nitrogens is 3. The van der Waals surface area contributed by atoms with Gasteiger partial charge in [0.1, 0.15) is 5.82 Å². The van der Waals surface area contributed by atoms with Crippen LogP contribution in [0.1, 0.15) is 23.2 Å². The van der Waals surface area contributed by atoms with Crippen LogP contribution < -0.4 is 15.5 Å². The molecule has 1 fully saturated rings. The number of benzene rings is 2. The quantitative estimate of drug-likeness (QED) is 0.264. The molecule has 3 heterocycles. The van der Waals surface area contributed by atoms with Crippen molar-refractivity contribution in [3.63, 3.8) is 0 Å². The first-order valence-electron chi connectivity index (χ1n) is 12.6. The van der Waals surface area contributed by atoms with Gasteiger partial charge in [0.05, 0.1) is 22.6 Å². The molecular formula is C29H31N7O2. The van der Waals surface area contributed by atoms with Crippen molar-refractivity contribution < 1.29 is 9.59 Å². The van der Waals surface area contributed by atoms with Gasteiger partial charge in [-0.3, -0.25) is 9.59 Å². The average molecular weight is 510 g/mol. The number of para-hydroxylation sites is 1. The molecular weight excluding hydrogens is 478 g/mol. The van der Waals surface area contributed by atoms with Gasteiger partial charge in [-0.05, 0) is 68.7 Å². The number of anilines is 4. The van der Waals surface area contributed by atoms with Gasteiger partial charge < -0.3 is 25.0 Å². The van der Waals surface area contributed by atoms with Crippen molar-refractivity contribution >= 4 is 46.1 Å². The van der Waals surface area contributed by atoms with E-state index in [9.17, 15) is 9.59 Å². The van der Waals surface area contributed by atoms with Gasteiger partial charge in [-0.25, -0.2) is 4.98 Å². The van der Waals surface area contributed by atoms with Crippen molar-refractivity contribution in [2.75, 3.05) is 42.7 Å². The van der Waals surface area contributed by atoms with Crippen LogP contribution in [0.15, 0.2) is 73.6 Å². The Balaban J connectivity index is 1.48. The maximum atomic E-state index is 12.3. The van der Waals surface area contributed by atoms with Crippen LogP contribution >= 0.6 is 0 Å². The summed E-state index contributed by atoms with van der Waals surface area (Å²) in [5.41, 5.74) is 3.38. The van der Waals surface area contributed by atoms with Crippen LogP contribution in [0, 0.1) is 0 Å². The van der Waals surface area contributed by atoms with E-state index < -0.39 is 0 Å². The summed E-state index contributed by atoms with van der Waals surface area (Å²) in [6.07, 6.45) is 7.66. The highest BCUT2D eigenvalue weighted by atomic mass is 16.1. The van der Waals surface area contributed by atoms with Crippen molar-refractivity contribution in [1.82, 2.24) is 19.4 Å². The molecule has 0 aliphatic carbocycles. The number of nitrogens with one attached hydrogen (secondary N) is 2. The summed E-state index contributed by atoms with van der Waals surface area (Å²) in [5, 5.41) is 7.21. The van der Waals surface area contributed by atoms with Gasteiger partial charge in [0.2, 0.25) is 11.9 Å². The third-order valence-electron chi connectivity index (χ3n) is 7.01. The second kappa shape index (κ2) is 10.9. The summed E-state index contributed by atoms with van der Waals surface area (Å²) < 4.78 is 1.99. The smallest absolute Gasteiger partial charge is 0.247 e. The van der Waals surface area contributed by atoms with E-state index in [4.69, 9.17) is 0 Å². The van der Waals surface area contributed by atoms with E-state index >= 15 is 0 Å². The molecule has 0 saturated carbocycles. The fraction of sp³-hybridized carbons (Fsp3) is 0.241. The highest BCUT2D eigenvalue weighted by Crippen LogP contribution is 2.35. The first kappa shape index (κ1) is 25.2. The lowest BCUT2D eigenvalue weighted by Crippen LogP contribution is -2.42. The van der Waals surface area contributed by atoms with E-state index in [0.29, 0.717) is 34.7 Å². The molecule has 2 aromatic heterocycles. The number of amides is 1. The van der Waals surface area contributed by atoms with E-state index in [1.165, 1.54) is 6.08 Å². The van der Waals surface area contributed by atoms with E-state index in [1.54, 1.807) is 12.3 Å². The SMILES string of the molecule is C=CC(=O)Nc1cc(Nc2nccc(-n3ccc4ccccc43)n2)c(C=O)cc1N1CCC(N(C)C)CC1. The van der Waals surface area contributed by atoms with E-state index in [2.05, 4.69) is 51.1 Å². The molecule has 1 aliphatic rings. The number of piperidine rings is 1. The molecule has 0 atom stereocenters. The molecule has 4 aromatic rings. The number of fused-ring (bicyclic) bond motifs is 1. The molecule has 9 heteroatoms. The second-order valence-corrected chi connectivity index (χ2v) is 9.56. The largest absolute Gasteiger partial charge is 0.370 e. The predicted molar refractivity (Wildman–Crippen MR) is 152 cm³/mol. The van der Waals surface area contributed by atoms with Crippen LogP contribution in [0.2, 0.25) is 0 Å². The lowest BCUT2D eigenvalue weighted by molar-refractivity contribution is -0.111. The molecule has 38 heavy (non-hydrogen) atoms. The summed E-state index contributed by atoms with van der Waals surface area (Å²) in [6.45, 7) is 5.22. The molecule has 0 unspecified atom stereocenters. The Kier molecular flexibility index (Phi) is 7.19. The molecule has 0 spiro atoms. The summed E-state index contributed by atoms with van der Waals surface area (Å²) in [4.78, 5) is 38.0. The van der Waals surface area contributed by atoms with Crippen molar-refractivity contribution in [3.05, 3.63) is 79.1 Å². The first-order valence-corrected chi connectivity index (χ1v) is 12.6. The first-order chi connectivity index (χ1) is 18.5. The highest BCUT2D eigenvalue weighted by Gasteiger charge is 2.24.